The molecule has 0 atom stereocenters. The van der Waals surface area contributed by atoms with E-state index in [0.29, 0.717) is 16.0 Å². The highest BCUT2D eigenvalue weighted by Crippen LogP contribution is 2.34. The van der Waals surface area contributed by atoms with Crippen molar-refractivity contribution in [1.29, 1.82) is 0 Å². The third-order valence-electron chi connectivity index (χ3n) is 2.43. The van der Waals surface area contributed by atoms with Gasteiger partial charge in [-0.2, -0.15) is 0 Å². The first-order valence-corrected chi connectivity index (χ1v) is 6.25. The molecule has 2 aromatic rings. The van der Waals surface area contributed by atoms with Gasteiger partial charge in [0.15, 0.2) is 0 Å². The highest BCUT2D eigenvalue weighted by molar-refractivity contribution is 9.10. The molecule has 0 N–H and O–H groups in total. The number of hydrogen-bond acceptors (Lipinski definition) is 4. The predicted octanol–water partition coefficient (Wildman–Crippen LogP) is 4.30. The van der Waals surface area contributed by atoms with Crippen molar-refractivity contribution in [2.45, 2.75) is 0 Å². The number of halogens is 2. The van der Waals surface area contributed by atoms with Crippen LogP contribution in [0.1, 0.15) is 0 Å². The Labute approximate surface area is 122 Å². The first-order chi connectivity index (χ1) is 9.49. The molecule has 2 rings (SSSR count). The van der Waals surface area contributed by atoms with Gasteiger partial charge >= 0.3 is 0 Å². The zero-order valence-electron chi connectivity index (χ0n) is 10.3. The van der Waals surface area contributed by atoms with Crippen molar-refractivity contribution in [2.75, 3.05) is 7.11 Å². The van der Waals surface area contributed by atoms with Crippen LogP contribution in [0.2, 0.25) is 0 Å². The Bertz CT molecular complexity index is 663. The lowest BCUT2D eigenvalue weighted by Gasteiger charge is -2.09. The SMILES string of the molecule is COc1ccc(Oc2cc(F)cc([N+](=O)[O-])c2)c(Br)c1. The molecule has 0 amide bonds. The first-order valence-electron chi connectivity index (χ1n) is 5.46. The van der Waals surface area contributed by atoms with Crippen LogP contribution >= 0.6 is 15.9 Å². The van der Waals surface area contributed by atoms with E-state index in [4.69, 9.17) is 9.47 Å². The second-order valence-corrected chi connectivity index (χ2v) is 4.65. The van der Waals surface area contributed by atoms with Crippen LogP contribution in [0.25, 0.3) is 0 Å². The Kier molecular flexibility index (Phi) is 4.19. The van der Waals surface area contributed by atoms with Crippen LogP contribution < -0.4 is 9.47 Å². The number of benzene rings is 2. The number of nitro benzene ring substituents is 1. The maximum Gasteiger partial charge on any atom is 0.276 e. The van der Waals surface area contributed by atoms with E-state index < -0.39 is 10.7 Å². The minimum atomic E-state index is -0.737. The zero-order chi connectivity index (χ0) is 14.7. The normalized spacial score (nSPS) is 10.2. The lowest BCUT2D eigenvalue weighted by molar-refractivity contribution is -0.385. The number of nitro groups is 1. The number of hydrogen-bond donors (Lipinski definition) is 0. The van der Waals surface area contributed by atoms with E-state index in [2.05, 4.69) is 15.9 Å². The molecule has 7 heteroatoms. The van der Waals surface area contributed by atoms with E-state index in [1.807, 2.05) is 0 Å². The van der Waals surface area contributed by atoms with Crippen LogP contribution in [0.3, 0.4) is 0 Å². The van der Waals surface area contributed by atoms with Crippen molar-refractivity contribution in [2.24, 2.45) is 0 Å². The fraction of sp³-hybridized carbons (Fsp3) is 0.0769. The van der Waals surface area contributed by atoms with Gasteiger partial charge in [0, 0.05) is 6.07 Å². The van der Waals surface area contributed by atoms with Crippen molar-refractivity contribution >= 4 is 21.6 Å². The summed E-state index contributed by atoms with van der Waals surface area (Å²) in [4.78, 5) is 9.98. The summed E-state index contributed by atoms with van der Waals surface area (Å²) in [5.41, 5.74) is -0.371. The van der Waals surface area contributed by atoms with Gasteiger partial charge in [-0.1, -0.05) is 0 Å². The van der Waals surface area contributed by atoms with Crippen molar-refractivity contribution < 1.29 is 18.8 Å². The number of nitrogens with zero attached hydrogens (tertiary/aromatic N) is 1. The zero-order valence-corrected chi connectivity index (χ0v) is 11.9. The Morgan fingerprint density at radius 2 is 1.95 bits per heavy atom. The lowest BCUT2D eigenvalue weighted by Crippen LogP contribution is -1.92. The molecule has 0 unspecified atom stereocenters. The molecule has 0 spiro atoms. The van der Waals surface area contributed by atoms with Gasteiger partial charge in [0.1, 0.15) is 23.1 Å². The summed E-state index contributed by atoms with van der Waals surface area (Å²) in [7, 11) is 1.53. The second kappa shape index (κ2) is 5.87. The van der Waals surface area contributed by atoms with Gasteiger partial charge in [-0.3, -0.25) is 10.1 Å². The smallest absolute Gasteiger partial charge is 0.276 e. The summed E-state index contributed by atoms with van der Waals surface area (Å²) in [5, 5.41) is 10.7. The van der Waals surface area contributed by atoms with Gasteiger partial charge in [-0.25, -0.2) is 4.39 Å². The maximum atomic E-state index is 13.3. The van der Waals surface area contributed by atoms with Crippen LogP contribution in [0.15, 0.2) is 40.9 Å². The van der Waals surface area contributed by atoms with Crippen LogP contribution in [0.5, 0.6) is 17.2 Å². The second-order valence-electron chi connectivity index (χ2n) is 3.80. The molecule has 0 radical (unpaired) electrons. The number of non-ortho nitro benzene ring substituents is 1. The van der Waals surface area contributed by atoms with E-state index in [1.54, 1.807) is 18.2 Å². The maximum absolute atomic E-state index is 13.3. The summed E-state index contributed by atoms with van der Waals surface area (Å²) < 4.78 is 24.3. The van der Waals surface area contributed by atoms with Gasteiger partial charge in [0.2, 0.25) is 0 Å². The highest BCUT2D eigenvalue weighted by Gasteiger charge is 2.12. The third kappa shape index (κ3) is 3.24. The molecule has 0 heterocycles. The molecular weight excluding hydrogens is 333 g/mol. The average molecular weight is 342 g/mol. The highest BCUT2D eigenvalue weighted by atomic mass is 79.9. The van der Waals surface area contributed by atoms with Gasteiger partial charge in [-0.05, 0) is 34.1 Å². The van der Waals surface area contributed by atoms with Crippen LogP contribution in [-0.2, 0) is 0 Å². The van der Waals surface area contributed by atoms with Crippen molar-refractivity contribution in [3.05, 3.63) is 56.8 Å². The van der Waals surface area contributed by atoms with Gasteiger partial charge in [0.05, 0.1) is 28.6 Å². The Morgan fingerprint density at radius 3 is 2.55 bits per heavy atom. The third-order valence-corrected chi connectivity index (χ3v) is 3.05. The van der Waals surface area contributed by atoms with Crippen molar-refractivity contribution in [3.8, 4) is 17.2 Å². The Balaban J connectivity index is 2.32. The van der Waals surface area contributed by atoms with E-state index in [0.717, 1.165) is 18.2 Å². The average Bonchev–Trinajstić information content (AvgIpc) is 2.40. The summed E-state index contributed by atoms with van der Waals surface area (Å²) >= 11 is 3.28. The minimum Gasteiger partial charge on any atom is -0.497 e. The van der Waals surface area contributed by atoms with Crippen LogP contribution in [0.4, 0.5) is 10.1 Å². The molecule has 0 saturated carbocycles. The quantitative estimate of drug-likeness (QED) is 0.614. The number of methoxy groups -OCH3 is 1. The molecule has 2 aromatic carbocycles. The fourth-order valence-corrected chi connectivity index (χ4v) is 1.97. The molecule has 104 valence electrons. The summed E-state index contributed by atoms with van der Waals surface area (Å²) in [6.45, 7) is 0. The van der Waals surface area contributed by atoms with E-state index in [9.17, 15) is 14.5 Å². The molecule has 0 saturated heterocycles. The molecule has 0 aromatic heterocycles. The number of ether oxygens (including phenoxy) is 2. The lowest BCUT2D eigenvalue weighted by atomic mass is 10.3. The summed E-state index contributed by atoms with van der Waals surface area (Å²) in [5.74, 6) is 0.321. The molecule has 5 nitrogen and oxygen atoms in total. The molecule has 0 aliphatic rings. The fourth-order valence-electron chi connectivity index (χ4n) is 1.53. The van der Waals surface area contributed by atoms with E-state index in [1.165, 1.54) is 7.11 Å². The molecule has 0 bridgehead atoms. The molecule has 0 fully saturated rings. The Hall–Kier alpha value is -2.15. The van der Waals surface area contributed by atoms with Crippen LogP contribution in [0, 0.1) is 15.9 Å². The topological polar surface area (TPSA) is 61.6 Å². The van der Waals surface area contributed by atoms with E-state index >= 15 is 0 Å². The van der Waals surface area contributed by atoms with Crippen LogP contribution in [-0.4, -0.2) is 12.0 Å². The van der Waals surface area contributed by atoms with Crippen molar-refractivity contribution in [3.63, 3.8) is 0 Å². The first kappa shape index (κ1) is 14.3. The largest absolute Gasteiger partial charge is 0.497 e. The van der Waals surface area contributed by atoms with Gasteiger partial charge in [-0.15, -0.1) is 0 Å². The molecular formula is C13H9BrFNO4. The molecule has 0 aliphatic carbocycles. The summed E-state index contributed by atoms with van der Waals surface area (Å²) in [6.07, 6.45) is 0. The standard InChI is InChI=1S/C13H9BrFNO4/c1-19-10-2-3-13(12(14)7-10)20-11-5-8(15)4-9(6-11)16(17)18/h2-7H,1H3. The van der Waals surface area contributed by atoms with Gasteiger partial charge < -0.3 is 9.47 Å². The predicted molar refractivity (Wildman–Crippen MR) is 73.8 cm³/mol. The minimum absolute atomic E-state index is 0.0440. The monoisotopic (exact) mass is 341 g/mol. The van der Waals surface area contributed by atoms with Gasteiger partial charge in [0.25, 0.3) is 5.69 Å². The number of rotatable bonds is 4. The summed E-state index contributed by atoms with van der Waals surface area (Å²) in [6, 6.07) is 8.00. The Morgan fingerprint density at radius 1 is 1.20 bits per heavy atom. The molecule has 20 heavy (non-hydrogen) atoms. The van der Waals surface area contributed by atoms with E-state index in [-0.39, 0.29) is 11.4 Å². The molecule has 0 aliphatic heterocycles. The van der Waals surface area contributed by atoms with Crippen molar-refractivity contribution in [1.82, 2.24) is 0 Å².